The summed E-state index contributed by atoms with van der Waals surface area (Å²) in [7, 11) is 0. The molecule has 2 aromatic rings. The van der Waals surface area contributed by atoms with Crippen molar-refractivity contribution in [2.24, 2.45) is 5.92 Å². The predicted octanol–water partition coefficient (Wildman–Crippen LogP) is 3.63. The maximum atomic E-state index is 11.9. The first-order valence-electron chi connectivity index (χ1n) is 9.93. The van der Waals surface area contributed by atoms with Gasteiger partial charge in [0.15, 0.2) is 11.3 Å². The summed E-state index contributed by atoms with van der Waals surface area (Å²) < 4.78 is 6.28. The van der Waals surface area contributed by atoms with Crippen molar-refractivity contribution in [1.82, 2.24) is 10.3 Å². The minimum absolute atomic E-state index is 0.259. The summed E-state index contributed by atoms with van der Waals surface area (Å²) in [5.74, 6) is 5.16. The fourth-order valence-corrected chi connectivity index (χ4v) is 3.46. The van der Waals surface area contributed by atoms with E-state index in [1.165, 1.54) is 12.3 Å². The third-order valence-corrected chi connectivity index (χ3v) is 5.38. The molecular weight excluding hydrogens is 420 g/mol. The second-order valence-electron chi connectivity index (χ2n) is 7.65. The fourth-order valence-electron chi connectivity index (χ4n) is 3.33. The molecule has 0 bridgehead atoms. The monoisotopic (exact) mass is 442 g/mol. The molecule has 3 rings (SSSR count). The van der Waals surface area contributed by atoms with Crippen molar-refractivity contribution in [3.8, 4) is 23.3 Å². The molecule has 1 aromatic heterocycles. The van der Waals surface area contributed by atoms with Crippen molar-refractivity contribution in [3.05, 3.63) is 52.8 Å². The minimum atomic E-state index is -1.19. The van der Waals surface area contributed by atoms with E-state index in [9.17, 15) is 14.7 Å². The van der Waals surface area contributed by atoms with Gasteiger partial charge in [-0.3, -0.25) is 9.59 Å². The maximum absolute atomic E-state index is 11.9. The minimum Gasteiger partial charge on any atom is -0.505 e. The zero-order valence-electron chi connectivity index (χ0n) is 17.0. The molecule has 162 valence electrons. The van der Waals surface area contributed by atoms with Crippen molar-refractivity contribution in [3.63, 3.8) is 0 Å². The van der Waals surface area contributed by atoms with Crippen LogP contribution >= 0.6 is 11.6 Å². The van der Waals surface area contributed by atoms with Crippen LogP contribution in [-0.2, 0) is 4.79 Å². The molecule has 1 aromatic carbocycles. The van der Waals surface area contributed by atoms with Crippen molar-refractivity contribution in [2.75, 3.05) is 6.54 Å². The lowest BCUT2D eigenvalue weighted by molar-refractivity contribution is -0.135. The smallest absolute Gasteiger partial charge is 0.322 e. The van der Waals surface area contributed by atoms with E-state index in [4.69, 9.17) is 21.4 Å². The number of pyridine rings is 1. The van der Waals surface area contributed by atoms with Gasteiger partial charge in [-0.15, -0.1) is 0 Å². The molecule has 0 radical (unpaired) electrons. The Balaban J connectivity index is 1.81. The number of nitrogens with zero attached hydrogens (tertiary/aromatic N) is 1. The molecule has 0 unspecified atom stereocenters. The highest BCUT2D eigenvalue weighted by Crippen LogP contribution is 2.36. The van der Waals surface area contributed by atoms with E-state index in [-0.39, 0.29) is 11.4 Å². The van der Waals surface area contributed by atoms with Crippen molar-refractivity contribution in [1.29, 1.82) is 0 Å². The summed E-state index contributed by atoms with van der Waals surface area (Å²) >= 11 is 5.96. The van der Waals surface area contributed by atoms with E-state index in [0.717, 1.165) is 25.7 Å². The number of carboxylic acid groups (broad SMARTS) is 1. The van der Waals surface area contributed by atoms with Gasteiger partial charge < -0.3 is 20.3 Å². The lowest BCUT2D eigenvalue weighted by Crippen LogP contribution is -2.38. The summed E-state index contributed by atoms with van der Waals surface area (Å²) in [6.45, 7) is 1.64. The number of carbonyl (C=O) groups is 2. The summed E-state index contributed by atoms with van der Waals surface area (Å²) in [6.07, 6.45) is 4.85. The first-order chi connectivity index (χ1) is 14.8. The molecule has 3 N–H and O–H groups in total. The molecule has 1 saturated carbocycles. The van der Waals surface area contributed by atoms with Crippen LogP contribution in [-0.4, -0.2) is 39.2 Å². The first kappa shape index (κ1) is 22.4. The number of hydrogen-bond acceptors (Lipinski definition) is 5. The number of carbonyl (C=O) groups excluding carboxylic acids is 1. The first-order valence-corrected chi connectivity index (χ1v) is 10.3. The molecule has 1 fully saturated rings. The number of aliphatic carboxylic acids is 1. The van der Waals surface area contributed by atoms with Crippen LogP contribution in [0.1, 0.15) is 48.7 Å². The molecule has 0 aliphatic heterocycles. The highest BCUT2D eigenvalue weighted by atomic mass is 35.5. The third-order valence-electron chi connectivity index (χ3n) is 5.13. The zero-order chi connectivity index (χ0) is 22.4. The predicted molar refractivity (Wildman–Crippen MR) is 115 cm³/mol. The highest BCUT2D eigenvalue weighted by Gasteiger charge is 2.34. The Morgan fingerprint density at radius 2 is 1.97 bits per heavy atom. The topological polar surface area (TPSA) is 109 Å². The molecule has 1 aliphatic carbocycles. The quantitative estimate of drug-likeness (QED) is 0.610. The van der Waals surface area contributed by atoms with Crippen LogP contribution in [0.2, 0.25) is 5.02 Å². The SMILES string of the molecule is CC1CCC(C#Cc2cnc(C(=O)NCC(=O)O)c(O)c2)(Oc2ccc(Cl)cc2)CC1. The number of aromatic hydroxyl groups is 1. The number of nitrogens with one attached hydrogen (secondary N) is 1. The van der Waals surface area contributed by atoms with Gasteiger partial charge in [-0.2, -0.15) is 0 Å². The molecule has 0 spiro atoms. The van der Waals surface area contributed by atoms with E-state index < -0.39 is 24.0 Å². The number of halogens is 1. The lowest BCUT2D eigenvalue weighted by atomic mass is 9.79. The van der Waals surface area contributed by atoms with Crippen LogP contribution in [0.4, 0.5) is 0 Å². The molecule has 8 heteroatoms. The summed E-state index contributed by atoms with van der Waals surface area (Å²) in [5, 5.41) is 21.6. The Kier molecular flexibility index (Phi) is 7.03. The number of aromatic nitrogens is 1. The average Bonchev–Trinajstić information content (AvgIpc) is 2.74. The average molecular weight is 443 g/mol. The molecule has 0 saturated heterocycles. The van der Waals surface area contributed by atoms with E-state index in [1.54, 1.807) is 12.1 Å². The normalized spacial score (nSPS) is 20.3. The zero-order valence-corrected chi connectivity index (χ0v) is 17.8. The van der Waals surface area contributed by atoms with Gasteiger partial charge in [0.25, 0.3) is 5.91 Å². The van der Waals surface area contributed by atoms with Crippen molar-refractivity contribution in [2.45, 2.75) is 38.2 Å². The molecule has 0 atom stereocenters. The van der Waals surface area contributed by atoms with E-state index >= 15 is 0 Å². The number of carboxylic acids is 1. The lowest BCUT2D eigenvalue weighted by Gasteiger charge is -2.35. The van der Waals surface area contributed by atoms with Crippen molar-refractivity contribution >= 4 is 23.5 Å². The Morgan fingerprint density at radius 3 is 2.58 bits per heavy atom. The van der Waals surface area contributed by atoms with Crippen molar-refractivity contribution < 1.29 is 24.5 Å². The Bertz CT molecular complexity index is 1020. The van der Waals surface area contributed by atoms with Gasteiger partial charge in [0.1, 0.15) is 18.0 Å². The standard InChI is InChI=1S/C23H23ClN2O5/c1-15-6-9-23(10-7-15,31-18-4-2-17(24)3-5-18)11-8-16-12-19(27)21(25-13-16)22(30)26-14-20(28)29/h2-5,12-13,15,27H,6-7,9-10,14H2,1H3,(H,26,30)(H,28,29). The molecule has 1 amide bonds. The number of ether oxygens (including phenoxy) is 1. The Hall–Kier alpha value is -3.24. The van der Waals surface area contributed by atoms with Crippen LogP contribution < -0.4 is 10.1 Å². The van der Waals surface area contributed by atoms with Gasteiger partial charge in [-0.25, -0.2) is 4.98 Å². The van der Waals surface area contributed by atoms with Crippen LogP contribution in [0.5, 0.6) is 11.5 Å². The van der Waals surface area contributed by atoms with Gasteiger partial charge in [0.2, 0.25) is 0 Å². The highest BCUT2D eigenvalue weighted by molar-refractivity contribution is 6.30. The van der Waals surface area contributed by atoms with Crippen LogP contribution in [0.15, 0.2) is 36.5 Å². The third kappa shape index (κ3) is 6.12. The Labute approximate surface area is 185 Å². The van der Waals surface area contributed by atoms with Gasteiger partial charge in [0, 0.05) is 16.8 Å². The summed E-state index contributed by atoms with van der Waals surface area (Å²) in [6, 6.07) is 8.47. The number of benzene rings is 1. The van der Waals surface area contributed by atoms with Gasteiger partial charge >= 0.3 is 5.97 Å². The fraction of sp³-hybridized carbons (Fsp3) is 0.348. The number of hydrogen-bond donors (Lipinski definition) is 3. The maximum Gasteiger partial charge on any atom is 0.322 e. The number of rotatable bonds is 5. The molecule has 7 nitrogen and oxygen atoms in total. The number of amides is 1. The van der Waals surface area contributed by atoms with Crippen LogP contribution in [0.3, 0.4) is 0 Å². The molecule has 1 aliphatic rings. The van der Waals surface area contributed by atoms with E-state index in [1.807, 2.05) is 12.1 Å². The molecule has 31 heavy (non-hydrogen) atoms. The van der Waals surface area contributed by atoms with Gasteiger partial charge in [-0.05, 0) is 67.9 Å². The van der Waals surface area contributed by atoms with Crippen LogP contribution in [0.25, 0.3) is 0 Å². The second kappa shape index (κ2) is 9.71. The molecular formula is C23H23ClN2O5. The van der Waals surface area contributed by atoms with Crippen LogP contribution in [0, 0.1) is 17.8 Å². The van der Waals surface area contributed by atoms with Gasteiger partial charge in [-0.1, -0.05) is 24.4 Å². The Morgan fingerprint density at radius 1 is 1.29 bits per heavy atom. The van der Waals surface area contributed by atoms with E-state index in [0.29, 0.717) is 22.3 Å². The second-order valence-corrected chi connectivity index (χ2v) is 8.09. The van der Waals surface area contributed by atoms with Gasteiger partial charge in [0.05, 0.1) is 0 Å². The summed E-state index contributed by atoms with van der Waals surface area (Å²) in [4.78, 5) is 26.4. The van der Waals surface area contributed by atoms with E-state index in [2.05, 4.69) is 29.1 Å². The summed E-state index contributed by atoms with van der Waals surface area (Å²) in [5.41, 5.74) is -0.511. The largest absolute Gasteiger partial charge is 0.505 e. The molecule has 1 heterocycles.